The van der Waals surface area contributed by atoms with E-state index in [1.807, 2.05) is 0 Å². The highest BCUT2D eigenvalue weighted by Crippen LogP contribution is 2.37. The number of phenols is 4. The zero-order valence-electron chi connectivity index (χ0n) is 14.5. The molecule has 0 aliphatic heterocycles. The molecular formula is C21H12O8. The highest BCUT2D eigenvalue weighted by atomic mass is 16.4. The van der Waals surface area contributed by atoms with Gasteiger partial charge in [-0.25, -0.2) is 0 Å². The van der Waals surface area contributed by atoms with Crippen LogP contribution in [0.4, 0.5) is 0 Å². The first-order valence-corrected chi connectivity index (χ1v) is 8.44. The molecule has 8 nitrogen and oxygen atoms in total. The second kappa shape index (κ2) is 5.59. The minimum absolute atomic E-state index is 0.0142. The van der Waals surface area contributed by atoms with Crippen LogP contribution in [0.5, 0.6) is 28.7 Å². The van der Waals surface area contributed by atoms with E-state index in [-0.39, 0.29) is 55.9 Å². The van der Waals surface area contributed by atoms with Crippen LogP contribution < -0.4 is 10.8 Å². The quantitative estimate of drug-likeness (QED) is 0.271. The van der Waals surface area contributed by atoms with Crippen LogP contribution in [-0.2, 0) is 0 Å². The van der Waals surface area contributed by atoms with Crippen molar-refractivity contribution in [1.29, 1.82) is 0 Å². The number of aromatic hydroxyl groups is 5. The first-order valence-electron chi connectivity index (χ1n) is 8.44. The second-order valence-corrected chi connectivity index (χ2v) is 6.60. The van der Waals surface area contributed by atoms with Crippen LogP contribution in [0.25, 0.3) is 23.1 Å². The summed E-state index contributed by atoms with van der Waals surface area (Å²) >= 11 is 0. The SMILES string of the molecule is O=C1c2c(O)/c(=C/c3ccc(O)c(O)c3)oc2=Cc2oc3cc(O)c(O)cc3c21. The Morgan fingerprint density at radius 2 is 1.52 bits per heavy atom. The largest absolute Gasteiger partial charge is 0.504 e. The Morgan fingerprint density at radius 1 is 0.793 bits per heavy atom. The summed E-state index contributed by atoms with van der Waals surface area (Å²) in [7, 11) is 0. The van der Waals surface area contributed by atoms with Gasteiger partial charge < -0.3 is 34.4 Å². The lowest BCUT2D eigenvalue weighted by molar-refractivity contribution is 0.103. The average Bonchev–Trinajstić information content (AvgIpc) is 3.16. The fourth-order valence-corrected chi connectivity index (χ4v) is 3.38. The molecule has 0 saturated heterocycles. The maximum Gasteiger partial charge on any atom is 0.205 e. The number of carbonyl (C=O) groups excluding carboxylic acids is 1. The van der Waals surface area contributed by atoms with E-state index in [0.29, 0.717) is 5.56 Å². The smallest absolute Gasteiger partial charge is 0.205 e. The standard InChI is InChI=1S/C21H12O8/c22-10-2-1-8(3-11(10)23)4-17-20(26)19-16(29-17)7-15-18(21(19)27)9-5-12(24)13(25)6-14(9)28-15/h1-7,22-26H/b17-4-. The van der Waals surface area contributed by atoms with Crippen molar-refractivity contribution in [2.24, 2.45) is 0 Å². The first kappa shape index (κ1) is 16.8. The van der Waals surface area contributed by atoms with Crippen molar-refractivity contribution < 1.29 is 39.2 Å². The molecule has 0 radical (unpaired) electrons. The summed E-state index contributed by atoms with van der Waals surface area (Å²) in [6, 6.07) is 6.46. The van der Waals surface area contributed by atoms with Crippen LogP contribution in [0, 0.1) is 0 Å². The minimum atomic E-state index is -0.559. The van der Waals surface area contributed by atoms with E-state index in [2.05, 4.69) is 0 Å². The molecule has 1 aliphatic rings. The van der Waals surface area contributed by atoms with Gasteiger partial charge in [0.2, 0.25) is 5.78 Å². The molecule has 4 aromatic rings. The molecule has 29 heavy (non-hydrogen) atoms. The molecule has 1 aliphatic carbocycles. The van der Waals surface area contributed by atoms with Gasteiger partial charge in [0.1, 0.15) is 22.3 Å². The Morgan fingerprint density at radius 3 is 2.28 bits per heavy atom. The summed E-state index contributed by atoms with van der Waals surface area (Å²) in [5, 5.41) is 49.3. The Labute approximate surface area is 161 Å². The molecule has 0 atom stereocenters. The van der Waals surface area contributed by atoms with Crippen molar-refractivity contribution in [2.45, 2.75) is 0 Å². The fraction of sp³-hybridized carbons (Fsp3) is 0. The predicted molar refractivity (Wildman–Crippen MR) is 99.5 cm³/mol. The first-order chi connectivity index (χ1) is 13.8. The fourth-order valence-electron chi connectivity index (χ4n) is 3.38. The van der Waals surface area contributed by atoms with Gasteiger partial charge in [0.05, 0.1) is 5.56 Å². The van der Waals surface area contributed by atoms with Gasteiger partial charge in [-0.1, -0.05) is 6.07 Å². The summed E-state index contributed by atoms with van der Waals surface area (Å²) in [4.78, 5) is 13.0. The lowest BCUT2D eigenvalue weighted by atomic mass is 9.96. The molecule has 2 aromatic heterocycles. The Hall–Kier alpha value is -4.33. The van der Waals surface area contributed by atoms with Crippen LogP contribution in [0.15, 0.2) is 39.2 Å². The molecule has 144 valence electrons. The highest BCUT2D eigenvalue weighted by molar-refractivity contribution is 6.20. The topological polar surface area (TPSA) is 144 Å². The van der Waals surface area contributed by atoms with Crippen molar-refractivity contribution in [3.05, 3.63) is 63.6 Å². The highest BCUT2D eigenvalue weighted by Gasteiger charge is 2.31. The molecule has 5 rings (SSSR count). The minimum Gasteiger partial charge on any atom is -0.504 e. The number of phenolic OH excluding ortho intramolecular Hbond substituents is 4. The Balaban J connectivity index is 1.73. The number of ketones is 1. The molecule has 5 N–H and O–H groups in total. The predicted octanol–water partition coefficient (Wildman–Crippen LogP) is 1.76. The van der Waals surface area contributed by atoms with Gasteiger partial charge in [-0.05, 0) is 29.8 Å². The number of furan rings is 2. The Bertz CT molecular complexity index is 1470. The van der Waals surface area contributed by atoms with Crippen molar-refractivity contribution in [2.75, 3.05) is 0 Å². The molecule has 0 unspecified atom stereocenters. The molecule has 2 aromatic carbocycles. The summed E-state index contributed by atoms with van der Waals surface area (Å²) in [6.45, 7) is 0. The molecule has 0 saturated carbocycles. The van der Waals surface area contributed by atoms with E-state index >= 15 is 0 Å². The monoisotopic (exact) mass is 392 g/mol. The van der Waals surface area contributed by atoms with Gasteiger partial charge in [-0.3, -0.25) is 4.79 Å². The van der Waals surface area contributed by atoms with Gasteiger partial charge in [-0.15, -0.1) is 0 Å². The van der Waals surface area contributed by atoms with E-state index in [0.717, 1.165) is 0 Å². The molecular weight excluding hydrogens is 380 g/mol. The van der Waals surface area contributed by atoms with E-state index in [1.165, 1.54) is 42.5 Å². The van der Waals surface area contributed by atoms with Gasteiger partial charge in [0.25, 0.3) is 0 Å². The van der Waals surface area contributed by atoms with E-state index in [9.17, 15) is 30.3 Å². The van der Waals surface area contributed by atoms with Crippen molar-refractivity contribution in [3.63, 3.8) is 0 Å². The molecule has 0 spiro atoms. The van der Waals surface area contributed by atoms with Crippen LogP contribution in [0.2, 0.25) is 0 Å². The number of benzene rings is 2. The number of fused-ring (bicyclic) bond motifs is 4. The molecule has 0 fully saturated rings. The van der Waals surface area contributed by atoms with Crippen LogP contribution in [-0.4, -0.2) is 31.3 Å². The molecule has 2 heterocycles. The number of hydrogen-bond donors (Lipinski definition) is 5. The zero-order valence-corrected chi connectivity index (χ0v) is 14.5. The van der Waals surface area contributed by atoms with Crippen molar-refractivity contribution >= 4 is 28.9 Å². The summed E-state index contributed by atoms with van der Waals surface area (Å²) in [6.07, 6.45) is 2.84. The van der Waals surface area contributed by atoms with Crippen LogP contribution in [0.1, 0.15) is 27.2 Å². The third-order valence-corrected chi connectivity index (χ3v) is 4.76. The maximum atomic E-state index is 13.0. The summed E-state index contributed by atoms with van der Waals surface area (Å²) < 4.78 is 11.2. The van der Waals surface area contributed by atoms with Gasteiger partial charge >= 0.3 is 0 Å². The van der Waals surface area contributed by atoms with E-state index in [1.54, 1.807) is 0 Å². The lowest BCUT2D eigenvalue weighted by Gasteiger charge is -2.03. The van der Waals surface area contributed by atoms with E-state index < -0.39 is 17.3 Å². The van der Waals surface area contributed by atoms with Gasteiger partial charge in [0, 0.05) is 17.5 Å². The third kappa shape index (κ3) is 2.36. The third-order valence-electron chi connectivity index (χ3n) is 4.76. The zero-order chi connectivity index (χ0) is 20.4. The summed E-state index contributed by atoms with van der Waals surface area (Å²) in [5.74, 6) is -2.20. The normalized spacial score (nSPS) is 13.4. The van der Waals surface area contributed by atoms with Crippen molar-refractivity contribution in [1.82, 2.24) is 0 Å². The van der Waals surface area contributed by atoms with Crippen LogP contribution in [0.3, 0.4) is 0 Å². The molecule has 0 bridgehead atoms. The number of hydrogen-bond acceptors (Lipinski definition) is 8. The Kier molecular flexibility index (Phi) is 3.24. The number of carbonyl (C=O) groups is 1. The van der Waals surface area contributed by atoms with Gasteiger partial charge in [-0.2, -0.15) is 0 Å². The summed E-state index contributed by atoms with van der Waals surface area (Å²) in [5.41, 5.74) is 0.763. The maximum absolute atomic E-state index is 13.0. The lowest BCUT2D eigenvalue weighted by Crippen LogP contribution is -2.17. The second-order valence-electron chi connectivity index (χ2n) is 6.60. The van der Waals surface area contributed by atoms with Crippen molar-refractivity contribution in [3.8, 4) is 28.7 Å². The number of rotatable bonds is 1. The van der Waals surface area contributed by atoms with Crippen LogP contribution >= 0.6 is 0 Å². The molecule has 8 heteroatoms. The molecule has 0 amide bonds. The van der Waals surface area contributed by atoms with E-state index in [4.69, 9.17) is 8.83 Å². The van der Waals surface area contributed by atoms with Gasteiger partial charge in [0.15, 0.2) is 34.2 Å². The average molecular weight is 392 g/mol.